The zero-order chi connectivity index (χ0) is 25.4. The maximum Gasteiger partial charge on any atom is 0.255 e. The van der Waals surface area contributed by atoms with Crippen molar-refractivity contribution in [3.05, 3.63) is 89.7 Å². The summed E-state index contributed by atoms with van der Waals surface area (Å²) in [5, 5.41) is 12.6. The minimum Gasteiger partial charge on any atom is -0.349 e. The number of aryl methyl sites for hydroxylation is 1. The van der Waals surface area contributed by atoms with Gasteiger partial charge in [-0.2, -0.15) is 5.10 Å². The second-order valence-electron chi connectivity index (χ2n) is 8.84. The van der Waals surface area contributed by atoms with Crippen LogP contribution >= 0.6 is 0 Å². The van der Waals surface area contributed by atoms with E-state index in [1.165, 1.54) is 6.20 Å². The number of benzene rings is 2. The van der Waals surface area contributed by atoms with Gasteiger partial charge in [-0.1, -0.05) is 49.7 Å². The fourth-order valence-corrected chi connectivity index (χ4v) is 3.40. The molecule has 35 heavy (non-hydrogen) atoms. The third-order valence-electron chi connectivity index (χ3n) is 5.49. The van der Waals surface area contributed by atoms with Gasteiger partial charge >= 0.3 is 0 Å². The smallest absolute Gasteiger partial charge is 0.255 e. The summed E-state index contributed by atoms with van der Waals surface area (Å²) in [6.07, 6.45) is 2.16. The van der Waals surface area contributed by atoms with E-state index in [4.69, 9.17) is 0 Å². The number of nitrogens with zero attached hydrogens (tertiary/aromatic N) is 2. The van der Waals surface area contributed by atoms with Gasteiger partial charge in [0.2, 0.25) is 5.91 Å². The second-order valence-corrected chi connectivity index (χ2v) is 8.84. The first-order valence-electron chi connectivity index (χ1n) is 11.6. The van der Waals surface area contributed by atoms with E-state index in [1.807, 2.05) is 63.2 Å². The molecule has 2 aromatic carbocycles. The molecule has 3 rings (SSSR count). The zero-order valence-corrected chi connectivity index (χ0v) is 20.5. The quantitative estimate of drug-likeness (QED) is 0.419. The Kier molecular flexibility index (Phi) is 8.78. The SMILES string of the molecule is Cc1ccc(C(=O)NC[C@H](NC(=O)c2cnn(-c3ccccc3)c2C)C(=O)N[CH]CC(C)C)cc1. The predicted octanol–water partition coefficient (Wildman–Crippen LogP) is 3.34. The molecule has 8 nitrogen and oxygen atoms in total. The topological polar surface area (TPSA) is 105 Å². The van der Waals surface area contributed by atoms with Crippen LogP contribution in [-0.2, 0) is 4.79 Å². The van der Waals surface area contributed by atoms with Gasteiger partial charge in [-0.05, 0) is 50.5 Å². The Balaban J connectivity index is 1.72. The Hall–Kier alpha value is -3.94. The van der Waals surface area contributed by atoms with E-state index < -0.39 is 17.9 Å². The van der Waals surface area contributed by atoms with Gasteiger partial charge in [0.1, 0.15) is 6.04 Å². The summed E-state index contributed by atoms with van der Waals surface area (Å²) in [4.78, 5) is 38.5. The Morgan fingerprint density at radius 3 is 2.31 bits per heavy atom. The van der Waals surface area contributed by atoms with Crippen LogP contribution in [0.15, 0.2) is 60.8 Å². The molecule has 0 unspecified atom stereocenters. The zero-order valence-electron chi connectivity index (χ0n) is 20.5. The molecule has 0 spiro atoms. The molecule has 0 fully saturated rings. The van der Waals surface area contributed by atoms with E-state index in [2.05, 4.69) is 21.0 Å². The number of carbonyl (C=O) groups is 3. The maximum absolute atomic E-state index is 13.1. The van der Waals surface area contributed by atoms with E-state index >= 15 is 0 Å². The van der Waals surface area contributed by atoms with E-state index in [0.29, 0.717) is 29.2 Å². The average Bonchev–Trinajstić information content (AvgIpc) is 3.23. The number of hydrogen-bond acceptors (Lipinski definition) is 4. The van der Waals surface area contributed by atoms with Gasteiger partial charge in [0.05, 0.1) is 23.1 Å². The number of rotatable bonds is 10. The highest BCUT2D eigenvalue weighted by atomic mass is 16.2. The van der Waals surface area contributed by atoms with Gasteiger partial charge in [0.15, 0.2) is 0 Å². The Bertz CT molecular complexity index is 1150. The molecule has 1 radical (unpaired) electrons. The molecule has 3 N–H and O–H groups in total. The molecule has 0 saturated heterocycles. The number of nitrogens with one attached hydrogen (secondary N) is 3. The molecule has 3 amide bonds. The predicted molar refractivity (Wildman–Crippen MR) is 135 cm³/mol. The number of para-hydroxylation sites is 1. The molecule has 3 aromatic rings. The second kappa shape index (κ2) is 12.0. The third kappa shape index (κ3) is 7.02. The van der Waals surface area contributed by atoms with Crippen LogP contribution in [0.2, 0.25) is 0 Å². The lowest BCUT2D eigenvalue weighted by Crippen LogP contribution is -2.52. The first-order valence-corrected chi connectivity index (χ1v) is 11.6. The van der Waals surface area contributed by atoms with Crippen molar-refractivity contribution in [3.63, 3.8) is 0 Å². The van der Waals surface area contributed by atoms with Crippen LogP contribution in [0.5, 0.6) is 0 Å². The minimum atomic E-state index is -0.972. The van der Waals surface area contributed by atoms with Crippen LogP contribution < -0.4 is 16.0 Å². The molecule has 1 atom stereocenters. The fourth-order valence-electron chi connectivity index (χ4n) is 3.40. The van der Waals surface area contributed by atoms with Crippen LogP contribution in [-0.4, -0.2) is 40.1 Å². The van der Waals surface area contributed by atoms with Crippen LogP contribution in [0.1, 0.15) is 52.2 Å². The monoisotopic (exact) mass is 474 g/mol. The number of aromatic nitrogens is 2. The van der Waals surface area contributed by atoms with Crippen molar-refractivity contribution in [1.29, 1.82) is 0 Å². The molecule has 0 saturated carbocycles. The summed E-state index contributed by atoms with van der Waals surface area (Å²) < 4.78 is 1.67. The summed E-state index contributed by atoms with van der Waals surface area (Å²) >= 11 is 0. The van der Waals surface area contributed by atoms with Crippen molar-refractivity contribution in [3.8, 4) is 5.69 Å². The van der Waals surface area contributed by atoms with Crippen LogP contribution in [0.25, 0.3) is 5.69 Å². The molecule has 8 heteroatoms. The van der Waals surface area contributed by atoms with Crippen molar-refractivity contribution < 1.29 is 14.4 Å². The third-order valence-corrected chi connectivity index (χ3v) is 5.49. The highest BCUT2D eigenvalue weighted by molar-refractivity contribution is 5.99. The normalized spacial score (nSPS) is 11.7. The first-order chi connectivity index (χ1) is 16.8. The molecule has 1 aromatic heterocycles. The summed E-state index contributed by atoms with van der Waals surface area (Å²) in [5.74, 6) is -0.804. The molecule has 0 bridgehead atoms. The van der Waals surface area contributed by atoms with Gasteiger partial charge < -0.3 is 16.0 Å². The number of amides is 3. The van der Waals surface area contributed by atoms with Gasteiger partial charge in [0, 0.05) is 18.7 Å². The standard InChI is InChI=1S/C27H32N5O3/c1-18(2)14-15-28-27(35)24(17-29-25(33)21-12-10-19(3)11-13-21)31-26(34)23-16-30-32(20(23)4)22-8-6-5-7-9-22/h5-13,15-16,18,24H,14,17H2,1-4H3,(H,28,35)(H,29,33)(H,31,34)/t24-/m0/s1. The molecule has 1 heterocycles. The van der Waals surface area contributed by atoms with Crippen molar-refractivity contribution in [2.75, 3.05) is 6.54 Å². The molecule has 0 aliphatic heterocycles. The lowest BCUT2D eigenvalue weighted by atomic mass is 10.1. The van der Waals surface area contributed by atoms with Gasteiger partial charge in [-0.15, -0.1) is 0 Å². The van der Waals surface area contributed by atoms with Crippen molar-refractivity contribution >= 4 is 17.7 Å². The van der Waals surface area contributed by atoms with Crippen LogP contribution in [0.4, 0.5) is 0 Å². The number of hydrogen-bond donors (Lipinski definition) is 3. The molecule has 0 aliphatic carbocycles. The lowest BCUT2D eigenvalue weighted by molar-refractivity contribution is -0.122. The Morgan fingerprint density at radius 1 is 0.971 bits per heavy atom. The average molecular weight is 475 g/mol. The highest BCUT2D eigenvalue weighted by Crippen LogP contribution is 2.14. The molecule has 183 valence electrons. The summed E-state index contributed by atoms with van der Waals surface area (Å²) in [5.41, 5.74) is 3.34. The lowest BCUT2D eigenvalue weighted by Gasteiger charge is -2.19. The van der Waals surface area contributed by atoms with E-state index in [0.717, 1.165) is 11.3 Å². The first kappa shape index (κ1) is 25.7. The summed E-state index contributed by atoms with van der Waals surface area (Å²) in [6.45, 7) is 9.42. The minimum absolute atomic E-state index is 0.0638. The Morgan fingerprint density at radius 2 is 1.66 bits per heavy atom. The van der Waals surface area contributed by atoms with E-state index in [9.17, 15) is 14.4 Å². The van der Waals surface area contributed by atoms with Crippen molar-refractivity contribution in [1.82, 2.24) is 25.7 Å². The van der Waals surface area contributed by atoms with Gasteiger partial charge in [-0.3, -0.25) is 14.4 Å². The molecular formula is C27H32N5O3. The number of carbonyl (C=O) groups excluding carboxylic acids is 3. The van der Waals surface area contributed by atoms with E-state index in [-0.39, 0.29) is 12.5 Å². The Labute approximate surface area is 206 Å². The highest BCUT2D eigenvalue weighted by Gasteiger charge is 2.24. The van der Waals surface area contributed by atoms with E-state index in [1.54, 1.807) is 30.3 Å². The van der Waals surface area contributed by atoms with Crippen LogP contribution in [0.3, 0.4) is 0 Å². The fraction of sp³-hybridized carbons (Fsp3) is 0.296. The molecular weight excluding hydrogens is 442 g/mol. The largest absolute Gasteiger partial charge is 0.349 e. The molecule has 0 aliphatic rings. The van der Waals surface area contributed by atoms with Crippen LogP contribution in [0, 0.1) is 26.3 Å². The van der Waals surface area contributed by atoms with Crippen molar-refractivity contribution in [2.45, 2.75) is 40.2 Å². The van der Waals surface area contributed by atoms with Gasteiger partial charge in [-0.25, -0.2) is 4.68 Å². The summed E-state index contributed by atoms with van der Waals surface area (Å²) in [6, 6.07) is 15.6. The van der Waals surface area contributed by atoms with Gasteiger partial charge in [0.25, 0.3) is 11.8 Å². The summed E-state index contributed by atoms with van der Waals surface area (Å²) in [7, 11) is 0. The maximum atomic E-state index is 13.1. The van der Waals surface area contributed by atoms with Crippen molar-refractivity contribution in [2.24, 2.45) is 5.92 Å².